The molecule has 56 valence electrons. The monoisotopic (exact) mass is 142 g/mol. The van der Waals surface area contributed by atoms with Crippen LogP contribution in [0, 0.1) is 10.9 Å². The number of nitrogens with two attached hydrogens (primary N) is 1. The fourth-order valence-corrected chi connectivity index (χ4v) is 0.234. The molecule has 0 aromatic heterocycles. The summed E-state index contributed by atoms with van der Waals surface area (Å²) < 4.78 is 0. The molecule has 0 aromatic rings. The van der Waals surface area contributed by atoms with Crippen molar-refractivity contribution < 1.29 is 0 Å². The van der Waals surface area contributed by atoms with Crippen LogP contribution in [0.25, 0.3) is 0 Å². The lowest BCUT2D eigenvalue weighted by Gasteiger charge is -2.07. The average Bonchev–Trinajstić information content (AvgIpc) is 1.87. The van der Waals surface area contributed by atoms with E-state index in [2.05, 4.69) is 10.1 Å². The van der Waals surface area contributed by atoms with Crippen LogP contribution in [0.2, 0.25) is 0 Å². The van der Waals surface area contributed by atoms with Gasteiger partial charge in [-0.25, -0.2) is 5.53 Å². The van der Waals surface area contributed by atoms with Crippen LogP contribution in [0.1, 0.15) is 0 Å². The third-order valence-corrected chi connectivity index (χ3v) is 0.759. The Kier molecular flexibility index (Phi) is 3.03. The van der Waals surface area contributed by atoms with E-state index < -0.39 is 0 Å². The molecule has 0 bridgehead atoms. The third kappa shape index (κ3) is 2.75. The molecule has 0 saturated carbocycles. The lowest BCUT2D eigenvalue weighted by atomic mass is 10.8. The van der Waals surface area contributed by atoms with E-state index >= 15 is 0 Å². The number of guanidine groups is 2. The molecule has 0 amide bonds. The quantitative estimate of drug-likeness (QED) is 0.248. The first-order chi connectivity index (χ1) is 4.57. The molecule has 0 aliphatic rings. The normalized spacial score (nSPS) is 10.8. The lowest BCUT2D eigenvalue weighted by molar-refractivity contribution is 0.609. The third-order valence-electron chi connectivity index (χ3n) is 0.759. The lowest BCUT2D eigenvalue weighted by Crippen LogP contribution is -2.22. The highest BCUT2D eigenvalue weighted by molar-refractivity contribution is 5.92. The maximum atomic E-state index is 7.09. The van der Waals surface area contributed by atoms with E-state index in [0.717, 1.165) is 0 Å². The van der Waals surface area contributed by atoms with Crippen LogP contribution in [-0.4, -0.2) is 30.9 Å². The van der Waals surface area contributed by atoms with Gasteiger partial charge < -0.3 is 10.6 Å². The van der Waals surface area contributed by atoms with Crippen molar-refractivity contribution in [3.8, 4) is 0 Å². The van der Waals surface area contributed by atoms with Crippen LogP contribution in [-0.2, 0) is 0 Å². The van der Waals surface area contributed by atoms with Gasteiger partial charge in [0.25, 0.3) is 0 Å². The Morgan fingerprint density at radius 3 is 2.30 bits per heavy atom. The SMILES string of the molecule is CN(C)C(=N)N=C(N)N=N. The fourth-order valence-electron chi connectivity index (χ4n) is 0.234. The molecular weight excluding hydrogens is 132 g/mol. The van der Waals surface area contributed by atoms with E-state index in [9.17, 15) is 0 Å². The van der Waals surface area contributed by atoms with Crippen LogP contribution in [0.5, 0.6) is 0 Å². The molecule has 4 N–H and O–H groups in total. The molecule has 0 saturated heterocycles. The molecule has 0 spiro atoms. The van der Waals surface area contributed by atoms with Crippen LogP contribution >= 0.6 is 0 Å². The zero-order valence-corrected chi connectivity index (χ0v) is 5.92. The van der Waals surface area contributed by atoms with Crippen LogP contribution in [0.4, 0.5) is 0 Å². The second-order valence-corrected chi connectivity index (χ2v) is 1.80. The molecule has 0 aliphatic heterocycles. The number of hydrogen-bond acceptors (Lipinski definition) is 2. The summed E-state index contributed by atoms with van der Waals surface area (Å²) in [6.45, 7) is 0. The van der Waals surface area contributed by atoms with Crippen LogP contribution in [0.15, 0.2) is 10.1 Å². The molecule has 6 heteroatoms. The zero-order chi connectivity index (χ0) is 8.15. The van der Waals surface area contributed by atoms with Gasteiger partial charge in [-0.2, -0.15) is 4.99 Å². The number of hydrogen-bond donors (Lipinski definition) is 3. The predicted octanol–water partition coefficient (Wildman–Crippen LogP) is -0.172. The van der Waals surface area contributed by atoms with Crippen molar-refractivity contribution in [2.45, 2.75) is 0 Å². The van der Waals surface area contributed by atoms with Gasteiger partial charge in [0, 0.05) is 14.1 Å². The first-order valence-corrected chi connectivity index (χ1v) is 2.55. The average molecular weight is 142 g/mol. The van der Waals surface area contributed by atoms with Gasteiger partial charge in [0.1, 0.15) is 0 Å². The van der Waals surface area contributed by atoms with Crippen molar-refractivity contribution in [1.82, 2.24) is 4.90 Å². The summed E-state index contributed by atoms with van der Waals surface area (Å²) in [5, 5.41) is 9.91. The molecule has 0 fully saturated rings. The van der Waals surface area contributed by atoms with Gasteiger partial charge in [-0.15, -0.1) is 5.11 Å². The minimum absolute atomic E-state index is 0.0199. The highest BCUT2D eigenvalue weighted by atomic mass is 15.2. The first-order valence-electron chi connectivity index (χ1n) is 2.55. The minimum atomic E-state index is -0.210. The van der Waals surface area contributed by atoms with Gasteiger partial charge in [-0.05, 0) is 0 Å². The molecule has 0 aromatic carbocycles. The molecule has 0 radical (unpaired) electrons. The van der Waals surface area contributed by atoms with Gasteiger partial charge in [0.05, 0.1) is 0 Å². The Hall–Kier alpha value is -1.46. The molecule has 10 heavy (non-hydrogen) atoms. The number of rotatable bonds is 0. The topological polar surface area (TPSA) is 102 Å². The van der Waals surface area contributed by atoms with E-state index in [1.165, 1.54) is 4.90 Å². The molecule has 0 unspecified atom stereocenters. The molecule has 6 nitrogen and oxygen atoms in total. The second-order valence-electron chi connectivity index (χ2n) is 1.80. The molecule has 0 aliphatic carbocycles. The van der Waals surface area contributed by atoms with Crippen molar-refractivity contribution in [3.05, 3.63) is 0 Å². The Bertz CT molecular complexity index is 169. The van der Waals surface area contributed by atoms with Gasteiger partial charge in [0.2, 0.25) is 11.9 Å². The van der Waals surface area contributed by atoms with Gasteiger partial charge in [-0.1, -0.05) is 0 Å². The van der Waals surface area contributed by atoms with Gasteiger partial charge >= 0.3 is 0 Å². The summed E-state index contributed by atoms with van der Waals surface area (Å²) >= 11 is 0. The Balaban J connectivity index is 4.13. The Morgan fingerprint density at radius 1 is 1.50 bits per heavy atom. The van der Waals surface area contributed by atoms with Gasteiger partial charge in [0.15, 0.2) is 0 Å². The standard InChI is InChI=1S/C4H10N6/c1-10(2)4(6)8-3(5)9-7/h7H,1-2H3,(H3,5,6,8). The van der Waals surface area contributed by atoms with Crippen molar-refractivity contribution >= 4 is 11.9 Å². The molecular formula is C4H10N6. The van der Waals surface area contributed by atoms with Crippen LogP contribution in [0.3, 0.4) is 0 Å². The number of aliphatic imine (C=N–C) groups is 1. The smallest absolute Gasteiger partial charge is 0.242 e. The largest absolute Gasteiger partial charge is 0.366 e. The first kappa shape index (κ1) is 8.54. The van der Waals surface area contributed by atoms with Crippen molar-refractivity contribution in [2.24, 2.45) is 15.8 Å². The summed E-state index contributed by atoms with van der Waals surface area (Å²) in [6.07, 6.45) is 0. The zero-order valence-electron chi connectivity index (χ0n) is 5.92. The second kappa shape index (κ2) is 3.54. The molecule has 0 heterocycles. The summed E-state index contributed by atoms with van der Waals surface area (Å²) in [6, 6.07) is 0. The minimum Gasteiger partial charge on any atom is -0.366 e. The van der Waals surface area contributed by atoms with Crippen molar-refractivity contribution in [3.63, 3.8) is 0 Å². The van der Waals surface area contributed by atoms with E-state index in [1.54, 1.807) is 14.1 Å². The highest BCUT2D eigenvalue weighted by Crippen LogP contribution is 1.81. The fraction of sp³-hybridized carbons (Fsp3) is 0.500. The summed E-state index contributed by atoms with van der Waals surface area (Å²) in [5.74, 6) is -0.229. The molecule has 0 atom stereocenters. The van der Waals surface area contributed by atoms with E-state index in [-0.39, 0.29) is 11.9 Å². The number of nitrogens with one attached hydrogen (secondary N) is 2. The van der Waals surface area contributed by atoms with Crippen molar-refractivity contribution in [2.75, 3.05) is 14.1 Å². The Morgan fingerprint density at radius 2 is 2.00 bits per heavy atom. The van der Waals surface area contributed by atoms with Crippen LogP contribution < -0.4 is 5.73 Å². The maximum Gasteiger partial charge on any atom is 0.242 e. The van der Waals surface area contributed by atoms with E-state index in [0.29, 0.717) is 0 Å². The van der Waals surface area contributed by atoms with E-state index in [1.807, 2.05) is 0 Å². The number of nitrogens with zero attached hydrogens (tertiary/aromatic N) is 3. The van der Waals surface area contributed by atoms with Gasteiger partial charge in [-0.3, -0.25) is 5.41 Å². The predicted molar refractivity (Wildman–Crippen MR) is 38.2 cm³/mol. The highest BCUT2D eigenvalue weighted by Gasteiger charge is 1.95. The summed E-state index contributed by atoms with van der Waals surface area (Å²) in [5.41, 5.74) is 11.4. The summed E-state index contributed by atoms with van der Waals surface area (Å²) in [4.78, 5) is 4.90. The van der Waals surface area contributed by atoms with Crippen molar-refractivity contribution in [1.29, 1.82) is 10.9 Å². The summed E-state index contributed by atoms with van der Waals surface area (Å²) in [7, 11) is 3.31. The molecule has 0 rings (SSSR count). The Labute approximate surface area is 58.8 Å². The van der Waals surface area contributed by atoms with E-state index in [4.69, 9.17) is 16.7 Å². The maximum absolute atomic E-state index is 7.09.